The van der Waals surface area contributed by atoms with Gasteiger partial charge in [-0.1, -0.05) is 5.10 Å². The van der Waals surface area contributed by atoms with Crippen LogP contribution in [-0.4, -0.2) is 52.3 Å². The van der Waals surface area contributed by atoms with E-state index in [9.17, 15) is 0 Å². The Kier molecular flexibility index (Phi) is 4.72. The van der Waals surface area contributed by atoms with Crippen LogP contribution in [0.1, 0.15) is 31.9 Å². The summed E-state index contributed by atoms with van der Waals surface area (Å²) in [6, 6.07) is 3.92. The van der Waals surface area contributed by atoms with E-state index >= 15 is 0 Å². The van der Waals surface area contributed by atoms with Crippen molar-refractivity contribution in [3.05, 3.63) is 24.2 Å². The number of piperidine rings is 1. The molecule has 2 saturated heterocycles. The standard InChI is InChI=1S/C17H25N5O3/c1-17(24-12-13-25-17)14-6-9-21(10-7-14)16-18-19-20-22(16)8-2-4-15-5-3-11-23-15/h3,5,11,14H,2,4,6-10,12-13H2,1H3. The van der Waals surface area contributed by atoms with Crippen LogP contribution in [0.3, 0.4) is 0 Å². The largest absolute Gasteiger partial charge is 0.469 e. The zero-order valence-electron chi connectivity index (χ0n) is 14.6. The lowest BCUT2D eigenvalue weighted by molar-refractivity contribution is -0.185. The molecule has 2 aromatic heterocycles. The maximum atomic E-state index is 5.82. The average molecular weight is 347 g/mol. The highest BCUT2D eigenvalue weighted by atomic mass is 16.7. The minimum atomic E-state index is -0.416. The average Bonchev–Trinajstić information content (AvgIpc) is 3.37. The molecule has 2 aliphatic heterocycles. The summed E-state index contributed by atoms with van der Waals surface area (Å²) >= 11 is 0. The van der Waals surface area contributed by atoms with Crippen molar-refractivity contribution in [3.63, 3.8) is 0 Å². The number of aryl methyl sites for hydroxylation is 2. The Morgan fingerprint density at radius 1 is 1.24 bits per heavy atom. The van der Waals surface area contributed by atoms with Gasteiger partial charge in [-0.15, -0.1) is 0 Å². The Labute approximate surface area is 147 Å². The predicted molar refractivity (Wildman–Crippen MR) is 90.1 cm³/mol. The quantitative estimate of drug-likeness (QED) is 0.789. The molecule has 0 amide bonds. The third-order valence-corrected chi connectivity index (χ3v) is 5.27. The van der Waals surface area contributed by atoms with Gasteiger partial charge in [0.2, 0.25) is 5.95 Å². The molecule has 0 spiro atoms. The molecule has 0 aromatic carbocycles. The molecule has 4 rings (SSSR count). The van der Waals surface area contributed by atoms with Crippen LogP contribution < -0.4 is 4.90 Å². The van der Waals surface area contributed by atoms with Crippen molar-refractivity contribution >= 4 is 5.95 Å². The van der Waals surface area contributed by atoms with E-state index in [1.165, 1.54) is 0 Å². The highest BCUT2D eigenvalue weighted by Gasteiger charge is 2.41. The second-order valence-corrected chi connectivity index (χ2v) is 6.86. The first-order valence-corrected chi connectivity index (χ1v) is 9.06. The number of anilines is 1. The Morgan fingerprint density at radius 3 is 2.76 bits per heavy atom. The molecule has 2 aromatic rings. The molecule has 0 radical (unpaired) electrons. The number of hydrogen-bond donors (Lipinski definition) is 0. The highest BCUT2D eigenvalue weighted by molar-refractivity contribution is 5.28. The van der Waals surface area contributed by atoms with Gasteiger partial charge in [-0.3, -0.25) is 0 Å². The van der Waals surface area contributed by atoms with Crippen molar-refractivity contribution in [1.29, 1.82) is 0 Å². The van der Waals surface area contributed by atoms with Gasteiger partial charge in [-0.05, 0) is 48.7 Å². The van der Waals surface area contributed by atoms with Gasteiger partial charge in [-0.2, -0.15) is 0 Å². The molecule has 8 heteroatoms. The molecule has 0 atom stereocenters. The predicted octanol–water partition coefficient (Wildman–Crippen LogP) is 1.88. The Hall–Kier alpha value is -1.93. The van der Waals surface area contributed by atoms with E-state index in [1.807, 2.05) is 16.8 Å². The second-order valence-electron chi connectivity index (χ2n) is 6.86. The maximum absolute atomic E-state index is 5.82. The summed E-state index contributed by atoms with van der Waals surface area (Å²) in [5.74, 6) is 1.87. The Balaban J connectivity index is 1.31. The Bertz CT molecular complexity index is 658. The highest BCUT2D eigenvalue weighted by Crippen LogP contribution is 2.35. The van der Waals surface area contributed by atoms with Gasteiger partial charge in [-0.25, -0.2) is 4.68 Å². The van der Waals surface area contributed by atoms with E-state index in [0.29, 0.717) is 19.1 Å². The summed E-state index contributed by atoms with van der Waals surface area (Å²) in [5, 5.41) is 12.3. The molecular formula is C17H25N5O3. The lowest BCUT2D eigenvalue weighted by Gasteiger charge is -2.39. The van der Waals surface area contributed by atoms with Crippen LogP contribution in [0, 0.1) is 5.92 Å². The van der Waals surface area contributed by atoms with Crippen LogP contribution in [0.5, 0.6) is 0 Å². The molecule has 136 valence electrons. The fraction of sp³-hybridized carbons (Fsp3) is 0.706. The monoisotopic (exact) mass is 347 g/mol. The minimum Gasteiger partial charge on any atom is -0.469 e. The fourth-order valence-electron chi connectivity index (χ4n) is 3.80. The third kappa shape index (κ3) is 3.55. The van der Waals surface area contributed by atoms with Crippen LogP contribution >= 0.6 is 0 Å². The second kappa shape index (κ2) is 7.13. The normalized spacial score (nSPS) is 21.1. The molecule has 2 fully saturated rings. The molecule has 2 aliphatic rings. The van der Waals surface area contributed by atoms with Gasteiger partial charge < -0.3 is 18.8 Å². The maximum Gasteiger partial charge on any atom is 0.245 e. The lowest BCUT2D eigenvalue weighted by Crippen LogP contribution is -2.45. The van der Waals surface area contributed by atoms with E-state index in [1.54, 1.807) is 6.26 Å². The fourth-order valence-corrected chi connectivity index (χ4v) is 3.80. The number of rotatable bonds is 6. The summed E-state index contributed by atoms with van der Waals surface area (Å²) in [5.41, 5.74) is 0. The van der Waals surface area contributed by atoms with Gasteiger partial charge in [0.25, 0.3) is 0 Å². The van der Waals surface area contributed by atoms with Gasteiger partial charge in [0.15, 0.2) is 5.79 Å². The molecule has 25 heavy (non-hydrogen) atoms. The van der Waals surface area contributed by atoms with Crippen molar-refractivity contribution in [1.82, 2.24) is 20.2 Å². The van der Waals surface area contributed by atoms with Crippen molar-refractivity contribution in [2.24, 2.45) is 5.92 Å². The number of ether oxygens (including phenoxy) is 2. The summed E-state index contributed by atoms with van der Waals surface area (Å²) in [7, 11) is 0. The van der Waals surface area contributed by atoms with Crippen LogP contribution in [0.4, 0.5) is 5.95 Å². The van der Waals surface area contributed by atoms with E-state index in [4.69, 9.17) is 13.9 Å². The Morgan fingerprint density at radius 2 is 2.04 bits per heavy atom. The molecule has 4 heterocycles. The minimum absolute atomic E-state index is 0.416. The summed E-state index contributed by atoms with van der Waals surface area (Å²) in [6.07, 6.45) is 5.59. The van der Waals surface area contributed by atoms with Crippen LogP contribution in [-0.2, 0) is 22.4 Å². The van der Waals surface area contributed by atoms with Gasteiger partial charge in [0.05, 0.1) is 19.5 Å². The van der Waals surface area contributed by atoms with Crippen LogP contribution in [0.15, 0.2) is 22.8 Å². The topological polar surface area (TPSA) is 78.4 Å². The van der Waals surface area contributed by atoms with Crippen LogP contribution in [0.2, 0.25) is 0 Å². The molecule has 0 saturated carbocycles. The SMILES string of the molecule is CC1(C2CCN(c3nnnn3CCCc3ccco3)CC2)OCCO1. The number of furan rings is 1. The lowest BCUT2D eigenvalue weighted by atomic mass is 9.89. The van der Waals surface area contributed by atoms with Crippen molar-refractivity contribution in [3.8, 4) is 0 Å². The third-order valence-electron chi connectivity index (χ3n) is 5.27. The first-order chi connectivity index (χ1) is 12.2. The first-order valence-electron chi connectivity index (χ1n) is 9.06. The first kappa shape index (κ1) is 16.5. The van der Waals surface area contributed by atoms with Gasteiger partial charge >= 0.3 is 0 Å². The summed E-state index contributed by atoms with van der Waals surface area (Å²) in [4.78, 5) is 2.27. The van der Waals surface area contributed by atoms with E-state index in [-0.39, 0.29) is 0 Å². The molecule has 0 unspecified atom stereocenters. The molecule has 8 nitrogen and oxygen atoms in total. The summed E-state index contributed by atoms with van der Waals surface area (Å²) in [6.45, 7) is 6.10. The number of nitrogens with zero attached hydrogens (tertiary/aromatic N) is 5. The van der Waals surface area contributed by atoms with Crippen LogP contribution in [0.25, 0.3) is 0 Å². The number of aromatic nitrogens is 4. The number of tetrazole rings is 1. The smallest absolute Gasteiger partial charge is 0.245 e. The number of hydrogen-bond acceptors (Lipinski definition) is 7. The van der Waals surface area contributed by atoms with E-state index in [2.05, 4.69) is 27.3 Å². The molecule has 0 N–H and O–H groups in total. The molecule has 0 bridgehead atoms. The van der Waals surface area contributed by atoms with Crippen molar-refractivity contribution in [2.45, 2.75) is 44.9 Å². The van der Waals surface area contributed by atoms with Gasteiger partial charge in [0, 0.05) is 32.0 Å². The molecular weight excluding hydrogens is 322 g/mol. The molecule has 0 aliphatic carbocycles. The van der Waals surface area contributed by atoms with E-state index < -0.39 is 5.79 Å². The zero-order valence-corrected chi connectivity index (χ0v) is 14.6. The zero-order chi connectivity index (χ0) is 17.1. The van der Waals surface area contributed by atoms with Gasteiger partial charge in [0.1, 0.15) is 5.76 Å². The summed E-state index contributed by atoms with van der Waals surface area (Å²) < 4.78 is 18.9. The van der Waals surface area contributed by atoms with Crippen molar-refractivity contribution < 1.29 is 13.9 Å². The van der Waals surface area contributed by atoms with Crippen molar-refractivity contribution in [2.75, 3.05) is 31.2 Å². The van der Waals surface area contributed by atoms with E-state index in [0.717, 1.165) is 57.0 Å².